The fourth-order valence-corrected chi connectivity index (χ4v) is 4.20. The highest BCUT2D eigenvalue weighted by Gasteiger charge is 2.24. The minimum atomic E-state index is -4.16. The predicted molar refractivity (Wildman–Crippen MR) is 122 cm³/mol. The molecule has 0 saturated carbocycles. The van der Waals surface area contributed by atoms with Gasteiger partial charge in [0, 0.05) is 5.56 Å². The molecule has 0 radical (unpaired) electrons. The van der Waals surface area contributed by atoms with Gasteiger partial charge in [0.25, 0.3) is 15.9 Å². The maximum absolute atomic E-state index is 13.9. The third-order valence-corrected chi connectivity index (χ3v) is 6.31. The second-order valence-electron chi connectivity index (χ2n) is 7.42. The van der Waals surface area contributed by atoms with E-state index in [4.69, 9.17) is 9.15 Å². The highest BCUT2D eigenvalue weighted by Crippen LogP contribution is 2.25. The lowest BCUT2D eigenvalue weighted by Crippen LogP contribution is -2.16. The molecule has 0 aliphatic carbocycles. The summed E-state index contributed by atoms with van der Waals surface area (Å²) in [6, 6.07) is 18.5. The molecular weight excluding hydrogens is 461 g/mol. The van der Waals surface area contributed by atoms with Crippen LogP contribution < -0.4 is 4.72 Å². The van der Waals surface area contributed by atoms with Gasteiger partial charge in [-0.25, -0.2) is 17.6 Å². The van der Waals surface area contributed by atoms with Crippen LogP contribution in [0.4, 0.5) is 10.1 Å². The van der Waals surface area contributed by atoms with E-state index in [1.165, 1.54) is 36.4 Å². The Morgan fingerprint density at radius 3 is 2.47 bits per heavy atom. The molecule has 4 rings (SSSR count). The Morgan fingerprint density at radius 1 is 1.03 bits per heavy atom. The van der Waals surface area contributed by atoms with Gasteiger partial charge in [-0.1, -0.05) is 36.4 Å². The number of ether oxygens (including phenoxy) is 1. The first-order valence-electron chi connectivity index (χ1n) is 10.2. The van der Waals surface area contributed by atoms with Gasteiger partial charge in [-0.2, -0.15) is 0 Å². The van der Waals surface area contributed by atoms with E-state index in [-0.39, 0.29) is 27.9 Å². The molecule has 0 aliphatic heterocycles. The summed E-state index contributed by atoms with van der Waals surface area (Å²) in [7, 11) is -4.16. The van der Waals surface area contributed by atoms with Gasteiger partial charge < -0.3 is 9.15 Å². The molecule has 8 nitrogen and oxygen atoms in total. The van der Waals surface area contributed by atoms with E-state index in [2.05, 4.69) is 14.9 Å². The van der Waals surface area contributed by atoms with Crippen LogP contribution in [0.1, 0.15) is 34.8 Å². The predicted octanol–water partition coefficient (Wildman–Crippen LogP) is 4.90. The zero-order valence-electron chi connectivity index (χ0n) is 18.2. The average Bonchev–Trinajstić information content (AvgIpc) is 3.32. The molecule has 0 bridgehead atoms. The number of halogens is 1. The molecule has 1 atom stereocenters. The Labute approximate surface area is 195 Å². The van der Waals surface area contributed by atoms with Gasteiger partial charge in [-0.05, 0) is 55.8 Å². The van der Waals surface area contributed by atoms with Crippen LogP contribution in [0.5, 0.6) is 0 Å². The fraction of sp³-hybridized carbons (Fsp3) is 0.125. The van der Waals surface area contributed by atoms with E-state index < -0.39 is 27.9 Å². The number of aromatic nitrogens is 2. The molecule has 0 amide bonds. The molecule has 174 valence electrons. The van der Waals surface area contributed by atoms with Crippen molar-refractivity contribution < 1.29 is 26.8 Å². The molecule has 1 aromatic heterocycles. The summed E-state index contributed by atoms with van der Waals surface area (Å²) >= 11 is 0. The molecular formula is C24H20FN3O5S. The Morgan fingerprint density at radius 2 is 1.74 bits per heavy atom. The molecule has 1 heterocycles. The molecule has 0 fully saturated rings. The Hall–Kier alpha value is -4.05. The smallest absolute Gasteiger partial charge is 0.339 e. The van der Waals surface area contributed by atoms with Crippen LogP contribution in [0.25, 0.3) is 11.5 Å². The maximum Gasteiger partial charge on any atom is 0.339 e. The molecule has 0 spiro atoms. The summed E-state index contributed by atoms with van der Waals surface area (Å²) in [5.41, 5.74) is 1.05. The SMILES string of the molecule is Cc1ccc(S(=O)(=O)Nc2ccccc2F)cc1C(=O)OC(C)c1nnc(-c2ccccc2)o1. The van der Waals surface area contributed by atoms with Crippen molar-refractivity contribution in [2.24, 2.45) is 0 Å². The molecule has 4 aromatic rings. The fourth-order valence-electron chi connectivity index (χ4n) is 3.11. The van der Waals surface area contributed by atoms with Crippen LogP contribution >= 0.6 is 0 Å². The lowest BCUT2D eigenvalue weighted by atomic mass is 10.1. The number of nitrogens with zero attached hydrogens (tertiary/aromatic N) is 2. The Balaban J connectivity index is 1.53. The Kier molecular flexibility index (Phi) is 6.42. The third kappa shape index (κ3) is 4.96. The standard InChI is InChI=1S/C24H20FN3O5S/c1-15-12-13-18(34(30,31)28-21-11-7-6-10-20(21)25)14-19(15)24(29)32-16(2)22-26-27-23(33-22)17-8-4-3-5-9-17/h3-14,16,28H,1-2H3. The van der Waals surface area contributed by atoms with Crippen molar-refractivity contribution in [2.45, 2.75) is 24.8 Å². The van der Waals surface area contributed by atoms with Crippen LogP contribution in [0, 0.1) is 12.7 Å². The van der Waals surface area contributed by atoms with Crippen molar-refractivity contribution in [1.82, 2.24) is 10.2 Å². The monoisotopic (exact) mass is 481 g/mol. The topological polar surface area (TPSA) is 111 Å². The molecule has 1 unspecified atom stereocenters. The van der Waals surface area contributed by atoms with Crippen LogP contribution in [0.2, 0.25) is 0 Å². The first-order valence-corrected chi connectivity index (χ1v) is 11.7. The van der Waals surface area contributed by atoms with E-state index in [1.54, 1.807) is 26.0 Å². The van der Waals surface area contributed by atoms with Crippen molar-refractivity contribution >= 4 is 21.7 Å². The second-order valence-corrected chi connectivity index (χ2v) is 9.10. The van der Waals surface area contributed by atoms with Crippen LogP contribution in [0.15, 0.2) is 82.1 Å². The van der Waals surface area contributed by atoms with Gasteiger partial charge >= 0.3 is 5.97 Å². The summed E-state index contributed by atoms with van der Waals surface area (Å²) in [5.74, 6) is -1.12. The molecule has 0 aliphatic rings. The highest BCUT2D eigenvalue weighted by molar-refractivity contribution is 7.92. The van der Waals surface area contributed by atoms with Crippen LogP contribution in [-0.2, 0) is 14.8 Å². The highest BCUT2D eigenvalue weighted by atomic mass is 32.2. The van der Waals surface area contributed by atoms with Crippen molar-refractivity contribution in [3.05, 3.63) is 95.6 Å². The lowest BCUT2D eigenvalue weighted by molar-refractivity contribution is 0.0278. The van der Waals surface area contributed by atoms with E-state index >= 15 is 0 Å². The molecule has 3 aromatic carbocycles. The van der Waals surface area contributed by atoms with E-state index in [1.807, 2.05) is 18.2 Å². The summed E-state index contributed by atoms with van der Waals surface area (Å²) in [6.07, 6.45) is -0.881. The zero-order chi connectivity index (χ0) is 24.3. The van der Waals surface area contributed by atoms with Crippen molar-refractivity contribution in [1.29, 1.82) is 0 Å². The molecule has 0 saturated heterocycles. The number of nitrogens with one attached hydrogen (secondary N) is 1. The first-order chi connectivity index (χ1) is 16.2. The van der Waals surface area contributed by atoms with Crippen molar-refractivity contribution in [3.63, 3.8) is 0 Å². The third-order valence-electron chi connectivity index (χ3n) is 4.95. The van der Waals surface area contributed by atoms with E-state index in [0.717, 1.165) is 11.6 Å². The number of aryl methyl sites for hydroxylation is 1. The van der Waals surface area contributed by atoms with Crippen molar-refractivity contribution in [3.8, 4) is 11.5 Å². The van der Waals surface area contributed by atoms with E-state index in [0.29, 0.717) is 5.56 Å². The van der Waals surface area contributed by atoms with Gasteiger partial charge in [0.2, 0.25) is 5.89 Å². The number of carbonyl (C=O) groups is 1. The van der Waals surface area contributed by atoms with Gasteiger partial charge in [-0.15, -0.1) is 10.2 Å². The number of hydrogen-bond donors (Lipinski definition) is 1. The normalized spacial score (nSPS) is 12.2. The minimum absolute atomic E-state index is 0.0334. The maximum atomic E-state index is 13.9. The van der Waals surface area contributed by atoms with Crippen molar-refractivity contribution in [2.75, 3.05) is 4.72 Å². The molecule has 34 heavy (non-hydrogen) atoms. The Bertz CT molecular complexity index is 1440. The molecule has 1 N–H and O–H groups in total. The van der Waals surface area contributed by atoms with Crippen LogP contribution in [-0.4, -0.2) is 24.6 Å². The van der Waals surface area contributed by atoms with Gasteiger partial charge in [0.05, 0.1) is 16.1 Å². The number of anilines is 1. The second kappa shape index (κ2) is 9.44. The summed E-state index contributed by atoms with van der Waals surface area (Å²) in [4.78, 5) is 12.6. The van der Waals surface area contributed by atoms with Gasteiger partial charge in [0.1, 0.15) is 5.82 Å². The first kappa shape index (κ1) is 23.1. The number of benzene rings is 3. The quantitative estimate of drug-likeness (QED) is 0.374. The number of esters is 1. The van der Waals surface area contributed by atoms with E-state index in [9.17, 15) is 17.6 Å². The summed E-state index contributed by atoms with van der Waals surface area (Å²) in [6.45, 7) is 3.21. The number of para-hydroxylation sites is 1. The molecule has 10 heteroatoms. The summed E-state index contributed by atoms with van der Waals surface area (Å²) in [5, 5.41) is 7.91. The van der Waals surface area contributed by atoms with Gasteiger partial charge in [0.15, 0.2) is 6.10 Å². The minimum Gasteiger partial charge on any atom is -0.449 e. The number of rotatable bonds is 7. The largest absolute Gasteiger partial charge is 0.449 e. The number of sulfonamides is 1. The number of hydrogen-bond acceptors (Lipinski definition) is 7. The average molecular weight is 482 g/mol. The zero-order valence-corrected chi connectivity index (χ0v) is 19.0. The van der Waals surface area contributed by atoms with Gasteiger partial charge in [-0.3, -0.25) is 4.72 Å². The lowest BCUT2D eigenvalue weighted by Gasteiger charge is -2.13. The van der Waals surface area contributed by atoms with Crippen LogP contribution in [0.3, 0.4) is 0 Å². The number of carbonyl (C=O) groups excluding carboxylic acids is 1. The summed E-state index contributed by atoms with van der Waals surface area (Å²) < 4.78 is 52.7.